The molecule has 3 rings (SSSR count). The van der Waals surface area contributed by atoms with E-state index in [2.05, 4.69) is 15.0 Å². The van der Waals surface area contributed by atoms with Crippen LogP contribution < -0.4 is 4.72 Å². The van der Waals surface area contributed by atoms with E-state index in [4.69, 9.17) is 10.7 Å². The standard InChI is InChI=1S/C19H19ClN4O7S3/c1-24(2)34(30,31)17-11-16(22-21-12-7-9-13(10-8-12)33(20,28)29)18-14(19(17)25)5-4-6-15(18)23-32(3,26)27/h4-11,23,25H,1-3H3. The fraction of sp³-hybridized carbons (Fsp3) is 0.158. The van der Waals surface area contributed by atoms with E-state index >= 15 is 0 Å². The van der Waals surface area contributed by atoms with Gasteiger partial charge in [0, 0.05) is 35.6 Å². The van der Waals surface area contributed by atoms with Crippen molar-refractivity contribution in [2.24, 2.45) is 10.2 Å². The smallest absolute Gasteiger partial charge is 0.261 e. The van der Waals surface area contributed by atoms with Gasteiger partial charge in [-0.3, -0.25) is 4.72 Å². The van der Waals surface area contributed by atoms with Gasteiger partial charge >= 0.3 is 0 Å². The lowest BCUT2D eigenvalue weighted by molar-refractivity contribution is 0.458. The maximum Gasteiger partial charge on any atom is 0.261 e. The summed E-state index contributed by atoms with van der Waals surface area (Å²) in [4.78, 5) is -0.610. The van der Waals surface area contributed by atoms with Crippen LogP contribution in [0.1, 0.15) is 0 Å². The molecule has 0 fully saturated rings. The van der Waals surface area contributed by atoms with Crippen molar-refractivity contribution in [3.05, 3.63) is 48.5 Å². The summed E-state index contributed by atoms with van der Waals surface area (Å²) in [5.41, 5.74) is 0.187. The van der Waals surface area contributed by atoms with Crippen molar-refractivity contribution in [2.75, 3.05) is 25.1 Å². The molecule has 0 atom stereocenters. The molecule has 0 aromatic heterocycles. The summed E-state index contributed by atoms with van der Waals surface area (Å²) in [6.07, 6.45) is 0.935. The second-order valence-electron chi connectivity index (χ2n) is 7.26. The Morgan fingerprint density at radius 2 is 1.56 bits per heavy atom. The number of benzene rings is 3. The number of rotatable bonds is 7. The van der Waals surface area contributed by atoms with Crippen molar-refractivity contribution < 1.29 is 30.4 Å². The summed E-state index contributed by atoms with van der Waals surface area (Å²) in [6, 6.07) is 10.4. The van der Waals surface area contributed by atoms with Gasteiger partial charge in [-0.25, -0.2) is 29.6 Å². The molecule has 0 radical (unpaired) electrons. The minimum atomic E-state index is -4.11. The zero-order valence-electron chi connectivity index (χ0n) is 18.0. The molecule has 0 aliphatic heterocycles. The Bertz CT molecular complexity index is 1620. The Hall–Kier alpha value is -2.78. The number of nitrogens with one attached hydrogen (secondary N) is 1. The van der Waals surface area contributed by atoms with Crippen molar-refractivity contribution >= 4 is 67.6 Å². The van der Waals surface area contributed by atoms with Crippen LogP contribution in [0.2, 0.25) is 0 Å². The van der Waals surface area contributed by atoms with Gasteiger partial charge in [0.2, 0.25) is 20.0 Å². The molecule has 0 bridgehead atoms. The molecule has 11 nitrogen and oxygen atoms in total. The third-order valence-electron chi connectivity index (χ3n) is 4.52. The van der Waals surface area contributed by atoms with Gasteiger partial charge in [0.15, 0.2) is 0 Å². The first-order valence-electron chi connectivity index (χ1n) is 9.27. The third-order valence-corrected chi connectivity index (χ3v) is 8.31. The zero-order valence-corrected chi connectivity index (χ0v) is 21.2. The number of sulfonamides is 2. The van der Waals surface area contributed by atoms with Crippen LogP contribution in [0.25, 0.3) is 10.8 Å². The minimum absolute atomic E-state index is 0.0223. The van der Waals surface area contributed by atoms with Crippen LogP contribution in [0.5, 0.6) is 5.75 Å². The lowest BCUT2D eigenvalue weighted by atomic mass is 10.1. The molecule has 0 saturated carbocycles. The van der Waals surface area contributed by atoms with E-state index in [-0.39, 0.29) is 32.7 Å². The van der Waals surface area contributed by atoms with Crippen molar-refractivity contribution in [2.45, 2.75) is 9.79 Å². The molecule has 0 heterocycles. The van der Waals surface area contributed by atoms with Crippen molar-refractivity contribution in [1.82, 2.24) is 4.31 Å². The predicted molar refractivity (Wildman–Crippen MR) is 129 cm³/mol. The molecule has 3 aromatic rings. The molecular formula is C19H19ClN4O7S3. The van der Waals surface area contributed by atoms with Gasteiger partial charge < -0.3 is 5.11 Å². The number of phenols is 1. The van der Waals surface area contributed by atoms with Crippen LogP contribution in [0, 0.1) is 0 Å². The molecule has 15 heteroatoms. The molecule has 34 heavy (non-hydrogen) atoms. The number of halogens is 1. The van der Waals surface area contributed by atoms with Gasteiger partial charge in [0.1, 0.15) is 10.6 Å². The molecule has 2 N–H and O–H groups in total. The van der Waals surface area contributed by atoms with E-state index in [1.54, 1.807) is 0 Å². The Kier molecular flexibility index (Phi) is 6.92. The number of fused-ring (bicyclic) bond motifs is 1. The molecular weight excluding hydrogens is 528 g/mol. The van der Waals surface area contributed by atoms with Gasteiger partial charge in [-0.2, -0.15) is 5.11 Å². The molecule has 0 aliphatic carbocycles. The number of nitrogens with zero attached hydrogens (tertiary/aromatic N) is 3. The Morgan fingerprint density at radius 3 is 2.09 bits per heavy atom. The van der Waals surface area contributed by atoms with E-state index in [1.807, 2.05) is 0 Å². The molecule has 0 aliphatic rings. The number of anilines is 1. The normalized spacial score (nSPS) is 13.1. The van der Waals surface area contributed by atoms with Crippen LogP contribution in [0.4, 0.5) is 17.1 Å². The lowest BCUT2D eigenvalue weighted by Gasteiger charge is -2.17. The first-order chi connectivity index (χ1) is 15.6. The van der Waals surface area contributed by atoms with E-state index < -0.39 is 39.7 Å². The number of aromatic hydroxyl groups is 1. The quantitative estimate of drug-likeness (QED) is 0.338. The summed E-state index contributed by atoms with van der Waals surface area (Å²) in [6.45, 7) is 0. The van der Waals surface area contributed by atoms with Crippen LogP contribution in [-0.2, 0) is 29.1 Å². The van der Waals surface area contributed by atoms with Crippen molar-refractivity contribution in [1.29, 1.82) is 0 Å². The van der Waals surface area contributed by atoms with Crippen LogP contribution in [0.3, 0.4) is 0 Å². The molecule has 0 saturated heterocycles. The average Bonchev–Trinajstić information content (AvgIpc) is 2.72. The number of hydrogen-bond donors (Lipinski definition) is 2. The van der Waals surface area contributed by atoms with Crippen molar-refractivity contribution in [3.8, 4) is 5.75 Å². The number of hydrogen-bond acceptors (Lipinski definition) is 9. The second kappa shape index (κ2) is 9.11. The highest BCUT2D eigenvalue weighted by Crippen LogP contribution is 2.43. The van der Waals surface area contributed by atoms with Crippen LogP contribution in [0.15, 0.2) is 68.6 Å². The fourth-order valence-corrected chi connectivity index (χ4v) is 5.31. The topological polar surface area (TPSA) is 163 Å². The van der Waals surface area contributed by atoms with E-state index in [9.17, 15) is 30.4 Å². The highest BCUT2D eigenvalue weighted by Gasteiger charge is 2.26. The van der Waals surface area contributed by atoms with Crippen LogP contribution >= 0.6 is 10.7 Å². The Morgan fingerprint density at radius 1 is 0.941 bits per heavy atom. The maximum atomic E-state index is 12.8. The highest BCUT2D eigenvalue weighted by molar-refractivity contribution is 8.13. The molecule has 0 amide bonds. The van der Waals surface area contributed by atoms with E-state index in [1.165, 1.54) is 56.6 Å². The summed E-state index contributed by atoms with van der Waals surface area (Å²) in [7, 11) is -3.92. The summed E-state index contributed by atoms with van der Waals surface area (Å²) in [5, 5.41) is 19.0. The average molecular weight is 547 g/mol. The minimum Gasteiger partial charge on any atom is -0.506 e. The predicted octanol–water partition coefficient (Wildman–Crippen LogP) is 3.51. The highest BCUT2D eigenvalue weighted by atomic mass is 35.7. The van der Waals surface area contributed by atoms with Gasteiger partial charge in [-0.05, 0) is 36.4 Å². The van der Waals surface area contributed by atoms with Gasteiger partial charge in [-0.15, -0.1) is 5.11 Å². The van der Waals surface area contributed by atoms with Gasteiger partial charge in [0.25, 0.3) is 9.05 Å². The number of phenolic OH excluding ortho intramolecular Hbond substituents is 1. The van der Waals surface area contributed by atoms with E-state index in [0.717, 1.165) is 16.6 Å². The second-order valence-corrected chi connectivity index (χ2v) is 13.7. The first kappa shape index (κ1) is 25.8. The first-order valence-corrected chi connectivity index (χ1v) is 14.9. The Balaban J connectivity index is 2.29. The van der Waals surface area contributed by atoms with Gasteiger partial charge in [-0.1, -0.05) is 12.1 Å². The fourth-order valence-electron chi connectivity index (χ4n) is 2.97. The molecule has 3 aromatic carbocycles. The molecule has 182 valence electrons. The van der Waals surface area contributed by atoms with Crippen molar-refractivity contribution in [3.63, 3.8) is 0 Å². The summed E-state index contributed by atoms with van der Waals surface area (Å²) < 4.78 is 75.3. The lowest BCUT2D eigenvalue weighted by Crippen LogP contribution is -2.22. The largest absolute Gasteiger partial charge is 0.506 e. The van der Waals surface area contributed by atoms with Crippen LogP contribution in [-0.4, -0.2) is 55.0 Å². The maximum absolute atomic E-state index is 12.8. The Labute approximate surface area is 201 Å². The van der Waals surface area contributed by atoms with E-state index in [0.29, 0.717) is 0 Å². The number of azo groups is 1. The zero-order chi connectivity index (χ0) is 25.5. The SMILES string of the molecule is CN(C)S(=O)(=O)c1cc(N=Nc2ccc(S(=O)(=O)Cl)cc2)c2c(NS(C)(=O)=O)cccc2c1O. The van der Waals surface area contributed by atoms with Gasteiger partial charge in [0.05, 0.1) is 28.2 Å². The molecule has 0 unspecified atom stereocenters. The molecule has 0 spiro atoms. The summed E-state index contributed by atoms with van der Waals surface area (Å²) in [5.74, 6) is -0.587. The third kappa shape index (κ3) is 5.47. The summed E-state index contributed by atoms with van der Waals surface area (Å²) >= 11 is 0. The monoisotopic (exact) mass is 546 g/mol.